The Morgan fingerprint density at radius 3 is 2.42 bits per heavy atom. The number of hydrogen-bond acceptors (Lipinski definition) is 2. The van der Waals surface area contributed by atoms with Gasteiger partial charge >= 0.3 is 0 Å². The van der Waals surface area contributed by atoms with Crippen LogP contribution < -0.4 is 5.32 Å². The van der Waals surface area contributed by atoms with Crippen molar-refractivity contribution in [3.05, 3.63) is 0 Å². The lowest BCUT2D eigenvalue weighted by atomic mass is 9.77. The van der Waals surface area contributed by atoms with E-state index in [9.17, 15) is 9.90 Å². The molecular weight excluding hydrogens is 238 g/mol. The van der Waals surface area contributed by atoms with Gasteiger partial charge in [0.25, 0.3) is 0 Å². The zero-order chi connectivity index (χ0) is 14.5. The molecule has 112 valence electrons. The SMILES string of the molecule is CCCC(C)(O)CNC(=O)C1(CC(C)C)CCCC1. The van der Waals surface area contributed by atoms with Gasteiger partial charge < -0.3 is 10.4 Å². The highest BCUT2D eigenvalue weighted by Crippen LogP contribution is 2.43. The molecule has 19 heavy (non-hydrogen) atoms. The summed E-state index contributed by atoms with van der Waals surface area (Å²) in [7, 11) is 0. The number of hydrogen-bond donors (Lipinski definition) is 2. The zero-order valence-corrected chi connectivity index (χ0v) is 13.1. The van der Waals surface area contributed by atoms with Gasteiger partial charge in [-0.15, -0.1) is 0 Å². The first-order chi connectivity index (χ1) is 8.81. The third-order valence-electron chi connectivity index (χ3n) is 4.26. The van der Waals surface area contributed by atoms with Crippen LogP contribution in [-0.4, -0.2) is 23.2 Å². The largest absolute Gasteiger partial charge is 0.388 e. The maximum atomic E-state index is 12.5. The summed E-state index contributed by atoms with van der Waals surface area (Å²) >= 11 is 0. The molecule has 0 aliphatic heterocycles. The minimum absolute atomic E-state index is 0.162. The summed E-state index contributed by atoms with van der Waals surface area (Å²) < 4.78 is 0. The van der Waals surface area contributed by atoms with E-state index >= 15 is 0 Å². The average molecular weight is 269 g/mol. The molecule has 1 amide bonds. The maximum absolute atomic E-state index is 12.5. The summed E-state index contributed by atoms with van der Waals surface area (Å²) in [6.07, 6.45) is 6.95. The number of nitrogens with one attached hydrogen (secondary N) is 1. The lowest BCUT2D eigenvalue weighted by Crippen LogP contribution is -2.46. The fourth-order valence-corrected chi connectivity index (χ4v) is 3.44. The Hall–Kier alpha value is -0.570. The fourth-order valence-electron chi connectivity index (χ4n) is 3.44. The number of aliphatic hydroxyl groups is 1. The summed E-state index contributed by atoms with van der Waals surface area (Å²) in [6.45, 7) is 8.59. The van der Waals surface area contributed by atoms with Gasteiger partial charge in [0.05, 0.1) is 5.60 Å². The van der Waals surface area contributed by atoms with Crippen LogP contribution in [0, 0.1) is 11.3 Å². The van der Waals surface area contributed by atoms with Crippen LogP contribution in [0.3, 0.4) is 0 Å². The minimum atomic E-state index is -0.776. The Morgan fingerprint density at radius 1 is 1.37 bits per heavy atom. The molecule has 3 nitrogen and oxygen atoms in total. The summed E-state index contributed by atoms with van der Waals surface area (Å²) in [4.78, 5) is 12.5. The second-order valence-corrected chi connectivity index (χ2v) is 7.02. The van der Waals surface area contributed by atoms with Crippen molar-refractivity contribution in [1.82, 2.24) is 5.32 Å². The topological polar surface area (TPSA) is 49.3 Å². The molecule has 1 aliphatic carbocycles. The van der Waals surface area contributed by atoms with E-state index in [2.05, 4.69) is 19.2 Å². The number of amides is 1. The summed E-state index contributed by atoms with van der Waals surface area (Å²) in [5.41, 5.74) is -0.946. The predicted molar refractivity (Wildman–Crippen MR) is 78.9 cm³/mol. The lowest BCUT2D eigenvalue weighted by Gasteiger charge is -2.31. The van der Waals surface area contributed by atoms with Gasteiger partial charge in [-0.1, -0.05) is 40.0 Å². The van der Waals surface area contributed by atoms with Gasteiger partial charge in [-0.3, -0.25) is 4.79 Å². The molecule has 0 aromatic heterocycles. The molecule has 2 N–H and O–H groups in total. The van der Waals surface area contributed by atoms with Crippen LogP contribution in [0.2, 0.25) is 0 Å². The number of carbonyl (C=O) groups excluding carboxylic acids is 1. The second-order valence-electron chi connectivity index (χ2n) is 7.02. The van der Waals surface area contributed by atoms with E-state index in [0.717, 1.165) is 44.9 Å². The molecule has 1 unspecified atom stereocenters. The van der Waals surface area contributed by atoms with Crippen molar-refractivity contribution in [2.75, 3.05) is 6.54 Å². The lowest BCUT2D eigenvalue weighted by molar-refractivity contribution is -0.133. The Labute approximate surface area is 118 Å². The van der Waals surface area contributed by atoms with E-state index in [1.54, 1.807) is 6.92 Å². The van der Waals surface area contributed by atoms with Crippen LogP contribution in [-0.2, 0) is 4.79 Å². The van der Waals surface area contributed by atoms with Crippen molar-refractivity contribution in [3.8, 4) is 0 Å². The molecule has 0 heterocycles. The molecule has 3 heteroatoms. The average Bonchev–Trinajstić information content (AvgIpc) is 2.74. The molecule has 0 spiro atoms. The van der Waals surface area contributed by atoms with Crippen LogP contribution in [0.1, 0.15) is 72.6 Å². The van der Waals surface area contributed by atoms with Gasteiger partial charge in [0.2, 0.25) is 5.91 Å². The van der Waals surface area contributed by atoms with Crippen LogP contribution in [0.15, 0.2) is 0 Å². The quantitative estimate of drug-likeness (QED) is 0.745. The molecule has 1 atom stereocenters. The van der Waals surface area contributed by atoms with E-state index in [4.69, 9.17) is 0 Å². The monoisotopic (exact) mass is 269 g/mol. The van der Waals surface area contributed by atoms with E-state index in [-0.39, 0.29) is 11.3 Å². The van der Waals surface area contributed by atoms with Gasteiger partial charge in [0, 0.05) is 12.0 Å². The molecule has 1 aliphatic rings. The van der Waals surface area contributed by atoms with Gasteiger partial charge in [-0.05, 0) is 38.5 Å². The third-order valence-corrected chi connectivity index (χ3v) is 4.26. The van der Waals surface area contributed by atoms with Gasteiger partial charge in [0.15, 0.2) is 0 Å². The van der Waals surface area contributed by atoms with Crippen molar-refractivity contribution < 1.29 is 9.90 Å². The molecule has 1 saturated carbocycles. The van der Waals surface area contributed by atoms with Gasteiger partial charge in [-0.2, -0.15) is 0 Å². The van der Waals surface area contributed by atoms with Crippen LogP contribution in [0.25, 0.3) is 0 Å². The van der Waals surface area contributed by atoms with Crippen LogP contribution in [0.4, 0.5) is 0 Å². The van der Waals surface area contributed by atoms with E-state index in [1.165, 1.54) is 0 Å². The second kappa shape index (κ2) is 6.74. The Kier molecular flexibility index (Phi) is 5.84. The maximum Gasteiger partial charge on any atom is 0.226 e. The molecule has 0 bridgehead atoms. The first-order valence-corrected chi connectivity index (χ1v) is 7.82. The highest BCUT2D eigenvalue weighted by molar-refractivity contribution is 5.83. The normalized spacial score (nSPS) is 21.4. The summed E-state index contributed by atoms with van der Waals surface area (Å²) in [6, 6.07) is 0. The fraction of sp³-hybridized carbons (Fsp3) is 0.938. The molecule has 0 radical (unpaired) electrons. The summed E-state index contributed by atoms with van der Waals surface area (Å²) in [5.74, 6) is 0.704. The zero-order valence-electron chi connectivity index (χ0n) is 13.1. The van der Waals surface area contributed by atoms with Crippen molar-refractivity contribution in [1.29, 1.82) is 0 Å². The van der Waals surface area contributed by atoms with Crippen LogP contribution >= 0.6 is 0 Å². The Balaban J connectivity index is 2.58. The predicted octanol–water partition coefficient (Wildman–Crippen LogP) is 3.26. The third kappa shape index (κ3) is 4.79. The standard InChI is InChI=1S/C16H31NO2/c1-5-8-15(4,19)12-17-14(18)16(11-13(2)3)9-6-7-10-16/h13,19H,5-12H2,1-4H3,(H,17,18). The first-order valence-electron chi connectivity index (χ1n) is 7.82. The van der Waals surface area contributed by atoms with Crippen LogP contribution in [0.5, 0.6) is 0 Å². The molecule has 1 fully saturated rings. The van der Waals surface area contributed by atoms with Crippen molar-refractivity contribution in [3.63, 3.8) is 0 Å². The van der Waals surface area contributed by atoms with Crippen molar-refractivity contribution >= 4 is 5.91 Å². The number of carbonyl (C=O) groups is 1. The van der Waals surface area contributed by atoms with Gasteiger partial charge in [0.1, 0.15) is 0 Å². The first kappa shape index (κ1) is 16.5. The molecule has 1 rings (SSSR count). The molecule has 0 saturated heterocycles. The van der Waals surface area contributed by atoms with Gasteiger partial charge in [-0.25, -0.2) is 0 Å². The smallest absolute Gasteiger partial charge is 0.226 e. The number of rotatable bonds is 7. The molecular formula is C16H31NO2. The van der Waals surface area contributed by atoms with E-state index in [1.807, 2.05) is 6.92 Å². The molecule has 0 aromatic rings. The highest BCUT2D eigenvalue weighted by atomic mass is 16.3. The van der Waals surface area contributed by atoms with Crippen molar-refractivity contribution in [2.45, 2.75) is 78.2 Å². The van der Waals surface area contributed by atoms with E-state index in [0.29, 0.717) is 12.5 Å². The minimum Gasteiger partial charge on any atom is -0.388 e. The summed E-state index contributed by atoms with van der Waals surface area (Å²) in [5, 5.41) is 13.2. The van der Waals surface area contributed by atoms with E-state index < -0.39 is 5.60 Å². The Bertz CT molecular complexity index is 291. The Morgan fingerprint density at radius 2 is 1.95 bits per heavy atom. The highest BCUT2D eigenvalue weighted by Gasteiger charge is 2.41. The molecule has 0 aromatic carbocycles. The van der Waals surface area contributed by atoms with Crippen molar-refractivity contribution in [2.24, 2.45) is 11.3 Å².